The van der Waals surface area contributed by atoms with E-state index in [1.165, 1.54) is 5.56 Å². The second kappa shape index (κ2) is 7.39. The van der Waals surface area contributed by atoms with Gasteiger partial charge in [-0.3, -0.25) is 0 Å². The first-order valence-electron chi connectivity index (χ1n) is 5.87. The second-order valence-electron chi connectivity index (χ2n) is 3.99. The number of rotatable bonds is 6. The monoisotopic (exact) mass is 363 g/mol. The predicted octanol–water partition coefficient (Wildman–Crippen LogP) is 4.50. The summed E-state index contributed by atoms with van der Waals surface area (Å²) >= 11 is 7.03. The van der Waals surface area contributed by atoms with Crippen LogP contribution in [0, 0.1) is 0 Å². The smallest absolute Gasteiger partial charge is 0.147 e. The highest BCUT2D eigenvalue weighted by atomic mass is 79.9. The van der Waals surface area contributed by atoms with Crippen LogP contribution in [0.3, 0.4) is 0 Å². The molecule has 0 unspecified atom stereocenters. The van der Waals surface area contributed by atoms with Gasteiger partial charge in [-0.25, -0.2) is 0 Å². The number of hydrogen-bond acceptors (Lipinski definition) is 2. The van der Waals surface area contributed by atoms with E-state index in [4.69, 9.17) is 4.74 Å². The molecule has 0 saturated carbocycles. The molecule has 0 bridgehead atoms. The molecule has 0 fully saturated rings. The molecular formula is C13H19Br2NO. The third-order valence-corrected chi connectivity index (χ3v) is 4.02. The highest BCUT2D eigenvalue weighted by Gasteiger charge is 2.08. The molecular weight excluding hydrogens is 346 g/mol. The molecule has 0 spiro atoms. The van der Waals surface area contributed by atoms with Crippen LogP contribution in [0.5, 0.6) is 5.75 Å². The standard InChI is InChI=1S/C13H19Br2NO/c1-4-10(5-2)16-8-9-6-11(14)13(17-3)12(15)7-9/h6-7,10,16H,4-5,8H2,1-3H3. The van der Waals surface area contributed by atoms with Crippen molar-refractivity contribution in [3.8, 4) is 5.75 Å². The number of methoxy groups -OCH3 is 1. The van der Waals surface area contributed by atoms with Gasteiger partial charge < -0.3 is 10.1 Å². The SMILES string of the molecule is CCC(CC)NCc1cc(Br)c(OC)c(Br)c1. The molecule has 4 heteroatoms. The van der Waals surface area contributed by atoms with Gasteiger partial charge >= 0.3 is 0 Å². The minimum atomic E-state index is 0.592. The second-order valence-corrected chi connectivity index (χ2v) is 5.70. The summed E-state index contributed by atoms with van der Waals surface area (Å²) in [6.07, 6.45) is 2.32. The van der Waals surface area contributed by atoms with Gasteiger partial charge in [0.2, 0.25) is 0 Å². The predicted molar refractivity (Wildman–Crippen MR) is 79.6 cm³/mol. The third-order valence-electron chi connectivity index (χ3n) is 2.84. The zero-order valence-corrected chi connectivity index (χ0v) is 13.7. The molecule has 0 aliphatic heterocycles. The van der Waals surface area contributed by atoms with E-state index in [9.17, 15) is 0 Å². The maximum Gasteiger partial charge on any atom is 0.147 e. The van der Waals surface area contributed by atoms with E-state index >= 15 is 0 Å². The highest BCUT2D eigenvalue weighted by Crippen LogP contribution is 2.34. The Bertz CT molecular complexity index is 341. The van der Waals surface area contributed by atoms with Crippen molar-refractivity contribution in [2.45, 2.75) is 39.3 Å². The van der Waals surface area contributed by atoms with Crippen molar-refractivity contribution in [1.82, 2.24) is 5.32 Å². The van der Waals surface area contributed by atoms with Crippen LogP contribution in [-0.4, -0.2) is 13.2 Å². The lowest BCUT2D eigenvalue weighted by atomic mass is 10.1. The van der Waals surface area contributed by atoms with Crippen LogP contribution >= 0.6 is 31.9 Å². The highest BCUT2D eigenvalue weighted by molar-refractivity contribution is 9.11. The van der Waals surface area contributed by atoms with Gasteiger partial charge in [0.1, 0.15) is 5.75 Å². The summed E-state index contributed by atoms with van der Waals surface area (Å²) in [6.45, 7) is 5.30. The number of benzene rings is 1. The summed E-state index contributed by atoms with van der Waals surface area (Å²) in [6, 6.07) is 4.78. The molecule has 96 valence electrons. The molecule has 1 N–H and O–H groups in total. The summed E-state index contributed by atoms with van der Waals surface area (Å²) in [5.74, 6) is 0.844. The minimum Gasteiger partial charge on any atom is -0.494 e. The quantitative estimate of drug-likeness (QED) is 0.802. The molecule has 0 atom stereocenters. The maximum atomic E-state index is 5.28. The Morgan fingerprint density at radius 1 is 1.18 bits per heavy atom. The Labute approximate surface area is 120 Å². The van der Waals surface area contributed by atoms with Crippen LogP contribution in [0.2, 0.25) is 0 Å². The first-order valence-corrected chi connectivity index (χ1v) is 7.46. The van der Waals surface area contributed by atoms with E-state index in [0.29, 0.717) is 6.04 Å². The largest absolute Gasteiger partial charge is 0.494 e. The van der Waals surface area contributed by atoms with E-state index in [1.807, 2.05) is 0 Å². The molecule has 1 rings (SSSR count). The molecule has 0 aromatic heterocycles. The Kier molecular flexibility index (Phi) is 6.52. The lowest BCUT2D eigenvalue weighted by Gasteiger charge is -2.15. The normalized spacial score (nSPS) is 10.9. The molecule has 1 aromatic carbocycles. The van der Waals surface area contributed by atoms with E-state index in [2.05, 4.69) is 63.2 Å². The van der Waals surface area contributed by atoms with Crippen molar-refractivity contribution in [2.24, 2.45) is 0 Å². The summed E-state index contributed by atoms with van der Waals surface area (Å²) in [5.41, 5.74) is 1.25. The van der Waals surface area contributed by atoms with Crippen LogP contribution in [-0.2, 0) is 6.54 Å². The summed E-state index contributed by atoms with van der Waals surface area (Å²) in [5, 5.41) is 3.54. The van der Waals surface area contributed by atoms with E-state index < -0.39 is 0 Å². The first-order chi connectivity index (χ1) is 8.12. The van der Waals surface area contributed by atoms with Crippen LogP contribution in [0.15, 0.2) is 21.1 Å². The van der Waals surface area contributed by atoms with Gasteiger partial charge in [0.05, 0.1) is 16.1 Å². The van der Waals surface area contributed by atoms with Crippen LogP contribution in [0.4, 0.5) is 0 Å². The molecule has 1 aromatic rings. The molecule has 0 heterocycles. The van der Waals surface area contributed by atoms with Gasteiger partial charge in [-0.15, -0.1) is 0 Å². The Morgan fingerprint density at radius 3 is 2.12 bits per heavy atom. The zero-order chi connectivity index (χ0) is 12.8. The van der Waals surface area contributed by atoms with E-state index in [0.717, 1.165) is 34.1 Å². The van der Waals surface area contributed by atoms with Crippen LogP contribution < -0.4 is 10.1 Å². The lowest BCUT2D eigenvalue weighted by molar-refractivity contribution is 0.409. The van der Waals surface area contributed by atoms with Crippen molar-refractivity contribution in [3.05, 3.63) is 26.6 Å². The van der Waals surface area contributed by atoms with Gasteiger partial charge in [-0.2, -0.15) is 0 Å². The Morgan fingerprint density at radius 2 is 1.71 bits per heavy atom. The number of halogens is 2. The Balaban J connectivity index is 2.73. The lowest BCUT2D eigenvalue weighted by Crippen LogP contribution is -2.26. The van der Waals surface area contributed by atoms with Crippen LogP contribution in [0.1, 0.15) is 32.3 Å². The number of hydrogen-bond donors (Lipinski definition) is 1. The average molecular weight is 365 g/mol. The fourth-order valence-corrected chi connectivity index (χ4v) is 3.35. The van der Waals surface area contributed by atoms with Crippen molar-refractivity contribution in [1.29, 1.82) is 0 Å². The number of ether oxygens (including phenoxy) is 1. The molecule has 0 saturated heterocycles. The van der Waals surface area contributed by atoms with Crippen molar-refractivity contribution in [2.75, 3.05) is 7.11 Å². The summed E-state index contributed by atoms with van der Waals surface area (Å²) in [7, 11) is 1.67. The van der Waals surface area contributed by atoms with Gasteiger partial charge in [-0.05, 0) is 62.4 Å². The van der Waals surface area contributed by atoms with E-state index in [-0.39, 0.29) is 0 Å². The molecule has 17 heavy (non-hydrogen) atoms. The van der Waals surface area contributed by atoms with E-state index in [1.54, 1.807) is 7.11 Å². The maximum absolute atomic E-state index is 5.28. The molecule has 0 amide bonds. The summed E-state index contributed by atoms with van der Waals surface area (Å²) in [4.78, 5) is 0. The molecule has 0 aliphatic rings. The van der Waals surface area contributed by atoms with Crippen LogP contribution in [0.25, 0.3) is 0 Å². The third kappa shape index (κ3) is 4.27. The fourth-order valence-electron chi connectivity index (χ4n) is 1.75. The molecule has 2 nitrogen and oxygen atoms in total. The molecule has 0 aliphatic carbocycles. The molecule has 0 radical (unpaired) electrons. The fraction of sp³-hybridized carbons (Fsp3) is 0.538. The first kappa shape index (κ1) is 15.0. The Hall–Kier alpha value is -0.0600. The van der Waals surface area contributed by atoms with Gasteiger partial charge in [0.15, 0.2) is 0 Å². The topological polar surface area (TPSA) is 21.3 Å². The van der Waals surface area contributed by atoms with Crippen molar-refractivity contribution in [3.63, 3.8) is 0 Å². The minimum absolute atomic E-state index is 0.592. The average Bonchev–Trinajstić information content (AvgIpc) is 2.30. The van der Waals surface area contributed by atoms with Gasteiger partial charge in [-0.1, -0.05) is 13.8 Å². The number of nitrogens with one attached hydrogen (secondary N) is 1. The van der Waals surface area contributed by atoms with Crippen molar-refractivity contribution >= 4 is 31.9 Å². The summed E-state index contributed by atoms with van der Waals surface area (Å²) < 4.78 is 7.25. The zero-order valence-electron chi connectivity index (χ0n) is 10.5. The van der Waals surface area contributed by atoms with Crippen molar-refractivity contribution < 1.29 is 4.74 Å². The van der Waals surface area contributed by atoms with Gasteiger partial charge in [0.25, 0.3) is 0 Å². The van der Waals surface area contributed by atoms with Gasteiger partial charge in [0, 0.05) is 12.6 Å².